The van der Waals surface area contributed by atoms with E-state index < -0.39 is 17.9 Å². The van der Waals surface area contributed by atoms with Crippen molar-refractivity contribution < 1.29 is 14.0 Å². The van der Waals surface area contributed by atoms with Crippen LogP contribution in [0, 0.1) is 5.82 Å². The molecule has 2 aliphatic heterocycles. The minimum atomic E-state index is -1.15. The molecule has 0 fully saturated rings. The maximum atomic E-state index is 14.1. The maximum absolute atomic E-state index is 14.1. The summed E-state index contributed by atoms with van der Waals surface area (Å²) in [6, 6.07) is 21.1. The molecule has 30 heavy (non-hydrogen) atoms. The van der Waals surface area contributed by atoms with E-state index in [4.69, 9.17) is 0 Å². The van der Waals surface area contributed by atoms with Gasteiger partial charge in [-0.2, -0.15) is 0 Å². The van der Waals surface area contributed by atoms with Gasteiger partial charge in [-0.15, -0.1) is 0 Å². The first-order valence-corrected chi connectivity index (χ1v) is 9.76. The van der Waals surface area contributed by atoms with E-state index in [0.29, 0.717) is 12.3 Å². The second-order valence-electron chi connectivity index (χ2n) is 7.25. The number of rotatable bonds is 3. The zero-order valence-corrected chi connectivity index (χ0v) is 16.0. The normalized spacial score (nSPS) is 17.2. The minimum absolute atomic E-state index is 0.120. The molecule has 3 aromatic rings. The van der Waals surface area contributed by atoms with Gasteiger partial charge in [0, 0.05) is 17.7 Å². The van der Waals surface area contributed by atoms with Gasteiger partial charge < -0.3 is 10.2 Å². The summed E-state index contributed by atoms with van der Waals surface area (Å²) < 4.78 is 14.1. The van der Waals surface area contributed by atoms with Crippen LogP contribution in [0.1, 0.15) is 27.0 Å². The monoisotopic (exact) mass is 399 g/mol. The fraction of sp³-hybridized carbons (Fsp3) is 0.125. The molecular formula is C24H18FN3O2. The number of nitrogens with zero attached hydrogens (tertiary/aromatic N) is 2. The number of amides is 2. The number of aliphatic imine (C=N–C) groups is 1. The van der Waals surface area contributed by atoms with E-state index in [1.54, 1.807) is 11.0 Å². The lowest BCUT2D eigenvalue weighted by atomic mass is 9.98. The number of halogens is 1. The van der Waals surface area contributed by atoms with Crippen LogP contribution >= 0.6 is 0 Å². The van der Waals surface area contributed by atoms with E-state index in [1.165, 1.54) is 18.2 Å². The van der Waals surface area contributed by atoms with Crippen molar-refractivity contribution in [1.29, 1.82) is 0 Å². The molecule has 5 rings (SSSR count). The molecule has 0 saturated heterocycles. The quantitative estimate of drug-likeness (QED) is 0.735. The van der Waals surface area contributed by atoms with Crippen molar-refractivity contribution in [3.63, 3.8) is 0 Å². The van der Waals surface area contributed by atoms with Gasteiger partial charge >= 0.3 is 0 Å². The molecule has 0 aliphatic carbocycles. The summed E-state index contributed by atoms with van der Waals surface area (Å²) >= 11 is 0. The van der Waals surface area contributed by atoms with Crippen LogP contribution in [0.15, 0.2) is 77.8 Å². The molecule has 0 spiro atoms. The van der Waals surface area contributed by atoms with Crippen molar-refractivity contribution in [2.45, 2.75) is 12.6 Å². The van der Waals surface area contributed by atoms with E-state index in [9.17, 15) is 14.0 Å². The summed E-state index contributed by atoms with van der Waals surface area (Å²) in [6.07, 6.45) is -0.407. The molecule has 1 atom stereocenters. The molecule has 0 bridgehead atoms. The third-order valence-corrected chi connectivity index (χ3v) is 5.44. The molecule has 148 valence electrons. The molecule has 1 unspecified atom stereocenters. The third-order valence-electron chi connectivity index (χ3n) is 5.44. The summed E-state index contributed by atoms with van der Waals surface area (Å²) in [7, 11) is 0. The number of anilines is 1. The van der Waals surface area contributed by atoms with Gasteiger partial charge in [0.25, 0.3) is 11.8 Å². The standard InChI is InChI=1S/C24H18FN3O2/c25-19-12-5-4-10-17(19)23(29)27-22-24(30)28-14-13-16-9-6-11-18(21(16)28)20(26-22)15-7-2-1-3-8-15/h1-12,22H,13-14H2,(H,27,29). The molecule has 3 aromatic carbocycles. The van der Waals surface area contributed by atoms with Crippen LogP contribution in [0.2, 0.25) is 0 Å². The van der Waals surface area contributed by atoms with Crippen molar-refractivity contribution in [2.24, 2.45) is 4.99 Å². The predicted molar refractivity (Wildman–Crippen MR) is 112 cm³/mol. The zero-order chi connectivity index (χ0) is 20.7. The second-order valence-corrected chi connectivity index (χ2v) is 7.25. The molecular weight excluding hydrogens is 381 g/mol. The lowest BCUT2D eigenvalue weighted by Crippen LogP contribution is -2.47. The lowest BCUT2D eigenvalue weighted by Gasteiger charge is -2.21. The first kappa shape index (κ1) is 18.2. The van der Waals surface area contributed by atoms with Gasteiger partial charge in [0.15, 0.2) is 0 Å². The van der Waals surface area contributed by atoms with Gasteiger partial charge in [0.1, 0.15) is 5.82 Å². The summed E-state index contributed by atoms with van der Waals surface area (Å²) in [5.41, 5.74) is 4.12. The van der Waals surface area contributed by atoms with Crippen molar-refractivity contribution in [2.75, 3.05) is 11.4 Å². The Morgan fingerprint density at radius 2 is 1.77 bits per heavy atom. The third kappa shape index (κ3) is 2.97. The highest BCUT2D eigenvalue weighted by atomic mass is 19.1. The highest BCUT2D eigenvalue weighted by Gasteiger charge is 2.37. The van der Waals surface area contributed by atoms with Gasteiger partial charge in [-0.25, -0.2) is 9.38 Å². The second kappa shape index (κ2) is 7.22. The number of hydrogen-bond donors (Lipinski definition) is 1. The Balaban J connectivity index is 1.61. The summed E-state index contributed by atoms with van der Waals surface area (Å²) in [5.74, 6) is -1.64. The molecule has 0 saturated carbocycles. The average molecular weight is 399 g/mol. The van der Waals surface area contributed by atoms with E-state index in [0.717, 1.165) is 28.8 Å². The van der Waals surface area contributed by atoms with Gasteiger partial charge in [-0.1, -0.05) is 60.7 Å². The highest BCUT2D eigenvalue weighted by molar-refractivity contribution is 6.21. The number of hydrogen-bond acceptors (Lipinski definition) is 3. The van der Waals surface area contributed by atoms with Crippen molar-refractivity contribution >= 4 is 23.2 Å². The van der Waals surface area contributed by atoms with E-state index in [1.807, 2.05) is 48.5 Å². The molecule has 1 N–H and O–H groups in total. The highest BCUT2D eigenvalue weighted by Crippen LogP contribution is 2.36. The van der Waals surface area contributed by atoms with Crippen LogP contribution in [0.25, 0.3) is 0 Å². The Morgan fingerprint density at radius 3 is 2.57 bits per heavy atom. The van der Waals surface area contributed by atoms with Crippen molar-refractivity contribution in [3.05, 3.63) is 101 Å². The van der Waals surface area contributed by atoms with Crippen molar-refractivity contribution in [3.8, 4) is 0 Å². The van der Waals surface area contributed by atoms with E-state index in [2.05, 4.69) is 10.3 Å². The molecule has 2 aliphatic rings. The van der Waals surface area contributed by atoms with Gasteiger partial charge in [-0.3, -0.25) is 9.59 Å². The Hall–Kier alpha value is -3.80. The summed E-state index contributed by atoms with van der Waals surface area (Å²) in [5, 5.41) is 2.63. The minimum Gasteiger partial charge on any atom is -0.322 e. The van der Waals surface area contributed by atoms with Crippen LogP contribution in [0.3, 0.4) is 0 Å². The first-order valence-electron chi connectivity index (χ1n) is 9.76. The molecule has 0 aromatic heterocycles. The zero-order valence-electron chi connectivity index (χ0n) is 16.0. The molecule has 6 heteroatoms. The topological polar surface area (TPSA) is 61.8 Å². The first-order chi connectivity index (χ1) is 14.6. The molecule has 5 nitrogen and oxygen atoms in total. The smallest absolute Gasteiger partial charge is 0.272 e. The van der Waals surface area contributed by atoms with Crippen LogP contribution in [-0.2, 0) is 11.2 Å². The number of carbonyl (C=O) groups is 2. The fourth-order valence-corrected chi connectivity index (χ4v) is 4.04. The van der Waals surface area contributed by atoms with Gasteiger partial charge in [0.05, 0.1) is 17.0 Å². The maximum Gasteiger partial charge on any atom is 0.272 e. The number of benzene rings is 3. The SMILES string of the molecule is O=C(NC1N=C(c2ccccc2)c2cccc3c2N(CC3)C1=O)c1ccccc1F. The van der Waals surface area contributed by atoms with Crippen LogP contribution in [0.5, 0.6) is 0 Å². The lowest BCUT2D eigenvalue weighted by molar-refractivity contribution is -0.120. The largest absolute Gasteiger partial charge is 0.322 e. The Morgan fingerprint density at radius 1 is 1.00 bits per heavy atom. The summed E-state index contributed by atoms with van der Waals surface area (Å²) in [4.78, 5) is 32.4. The molecule has 0 radical (unpaired) electrons. The fourth-order valence-electron chi connectivity index (χ4n) is 4.04. The number of carbonyl (C=O) groups excluding carboxylic acids is 2. The number of para-hydroxylation sites is 1. The Bertz CT molecular complexity index is 1190. The van der Waals surface area contributed by atoms with Crippen LogP contribution < -0.4 is 10.2 Å². The Labute approximate surface area is 172 Å². The van der Waals surface area contributed by atoms with Gasteiger partial charge in [0.2, 0.25) is 6.17 Å². The predicted octanol–water partition coefficient (Wildman–Crippen LogP) is 3.32. The summed E-state index contributed by atoms with van der Waals surface area (Å²) in [6.45, 7) is 0.523. The van der Waals surface area contributed by atoms with Crippen LogP contribution in [0.4, 0.5) is 10.1 Å². The van der Waals surface area contributed by atoms with Crippen molar-refractivity contribution in [1.82, 2.24) is 5.32 Å². The van der Waals surface area contributed by atoms with E-state index in [-0.39, 0.29) is 11.5 Å². The molecule has 2 heterocycles. The molecule has 2 amide bonds. The van der Waals surface area contributed by atoms with Crippen LogP contribution in [-0.4, -0.2) is 30.2 Å². The van der Waals surface area contributed by atoms with Gasteiger partial charge in [-0.05, 0) is 24.1 Å². The Kier molecular flexibility index (Phi) is 4.39. The number of nitrogens with one attached hydrogen (secondary N) is 1. The van der Waals surface area contributed by atoms with E-state index >= 15 is 0 Å². The average Bonchev–Trinajstić information content (AvgIpc) is 3.16.